The Labute approximate surface area is 99.9 Å². The molecule has 0 aromatic heterocycles. The van der Waals surface area contributed by atoms with Gasteiger partial charge in [0.1, 0.15) is 16.5 Å². The van der Waals surface area contributed by atoms with Crippen LogP contribution >= 0.6 is 0 Å². The Kier molecular flexibility index (Phi) is 3.59. The van der Waals surface area contributed by atoms with Gasteiger partial charge in [-0.1, -0.05) is 0 Å². The van der Waals surface area contributed by atoms with Gasteiger partial charge in [0.25, 0.3) is 0 Å². The van der Waals surface area contributed by atoms with Gasteiger partial charge in [0, 0.05) is 11.6 Å². The van der Waals surface area contributed by atoms with Crippen molar-refractivity contribution in [3.05, 3.63) is 29.3 Å². The number of benzene rings is 1. The van der Waals surface area contributed by atoms with Crippen LogP contribution in [0.4, 0.5) is 8.78 Å². The summed E-state index contributed by atoms with van der Waals surface area (Å²) >= 11 is 0. The highest BCUT2D eigenvalue weighted by molar-refractivity contribution is 7.89. The highest BCUT2D eigenvalue weighted by Gasteiger charge is 2.25. The molecule has 0 fully saturated rings. The van der Waals surface area contributed by atoms with E-state index in [0.29, 0.717) is 6.07 Å². The second kappa shape index (κ2) is 4.34. The molecule has 0 aliphatic heterocycles. The van der Waals surface area contributed by atoms with Crippen LogP contribution in [0.15, 0.2) is 17.0 Å². The topological polar surface area (TPSA) is 46.2 Å². The maximum absolute atomic E-state index is 13.4. The second-order valence-electron chi connectivity index (χ2n) is 4.89. The van der Waals surface area contributed by atoms with Gasteiger partial charge in [-0.3, -0.25) is 0 Å². The van der Waals surface area contributed by atoms with Crippen molar-refractivity contribution in [2.24, 2.45) is 0 Å². The molecule has 0 amide bonds. The lowest BCUT2D eigenvalue weighted by molar-refractivity contribution is 0.484. The molecule has 0 saturated heterocycles. The third kappa shape index (κ3) is 3.47. The average molecular weight is 263 g/mol. The van der Waals surface area contributed by atoms with Gasteiger partial charge in [0.05, 0.1) is 0 Å². The summed E-state index contributed by atoms with van der Waals surface area (Å²) in [6.45, 7) is 6.29. The summed E-state index contributed by atoms with van der Waals surface area (Å²) < 4.78 is 52.5. The van der Waals surface area contributed by atoms with Crippen molar-refractivity contribution in [3.63, 3.8) is 0 Å². The molecule has 0 spiro atoms. The molecule has 1 aromatic carbocycles. The van der Waals surface area contributed by atoms with E-state index in [1.165, 1.54) is 6.92 Å². The van der Waals surface area contributed by atoms with Crippen molar-refractivity contribution >= 4 is 10.0 Å². The number of aryl methyl sites for hydroxylation is 1. The molecule has 0 atom stereocenters. The van der Waals surface area contributed by atoms with Crippen molar-refractivity contribution in [3.8, 4) is 0 Å². The van der Waals surface area contributed by atoms with Crippen molar-refractivity contribution in [1.29, 1.82) is 0 Å². The molecule has 0 saturated carbocycles. The Hall–Kier alpha value is -1.01. The number of hydrogen-bond acceptors (Lipinski definition) is 2. The van der Waals surface area contributed by atoms with Crippen LogP contribution in [-0.2, 0) is 10.0 Å². The van der Waals surface area contributed by atoms with E-state index < -0.39 is 32.1 Å². The van der Waals surface area contributed by atoms with Crippen LogP contribution in [0.5, 0.6) is 0 Å². The maximum atomic E-state index is 13.4. The maximum Gasteiger partial charge on any atom is 0.243 e. The fourth-order valence-electron chi connectivity index (χ4n) is 1.29. The SMILES string of the molecule is Cc1cc(S(=O)(=O)NC(C)(C)C)c(F)cc1F. The normalized spacial score (nSPS) is 12.8. The van der Waals surface area contributed by atoms with E-state index >= 15 is 0 Å². The van der Waals surface area contributed by atoms with Gasteiger partial charge in [-0.25, -0.2) is 21.9 Å². The first-order chi connectivity index (χ1) is 7.53. The molecule has 0 aliphatic carbocycles. The standard InChI is InChI=1S/C11H15F2NO2S/c1-7-5-10(9(13)6-8(7)12)17(15,16)14-11(2,3)4/h5-6,14H,1-4H3. The fourth-order valence-corrected chi connectivity index (χ4v) is 2.86. The smallest absolute Gasteiger partial charge is 0.207 e. The minimum absolute atomic E-state index is 0.0840. The van der Waals surface area contributed by atoms with Gasteiger partial charge in [-0.05, 0) is 39.3 Å². The summed E-state index contributed by atoms with van der Waals surface area (Å²) in [5.74, 6) is -1.86. The molecule has 3 nitrogen and oxygen atoms in total. The molecule has 1 N–H and O–H groups in total. The Balaban J connectivity index is 3.30. The quantitative estimate of drug-likeness (QED) is 0.890. The molecule has 0 bridgehead atoms. The minimum Gasteiger partial charge on any atom is -0.207 e. The molecular formula is C11H15F2NO2S. The third-order valence-electron chi connectivity index (χ3n) is 1.94. The number of sulfonamides is 1. The molecule has 1 rings (SSSR count). The predicted molar refractivity (Wildman–Crippen MR) is 61.2 cm³/mol. The summed E-state index contributed by atoms with van der Waals surface area (Å²) in [5, 5.41) is 0. The Bertz CT molecular complexity index is 533. The summed E-state index contributed by atoms with van der Waals surface area (Å²) in [7, 11) is -3.98. The molecule has 6 heteroatoms. The van der Waals surface area contributed by atoms with Crippen molar-refractivity contribution in [2.75, 3.05) is 0 Å². The van der Waals surface area contributed by atoms with E-state index in [-0.39, 0.29) is 5.56 Å². The zero-order chi connectivity index (χ0) is 13.4. The zero-order valence-electron chi connectivity index (χ0n) is 10.1. The van der Waals surface area contributed by atoms with Gasteiger partial charge >= 0.3 is 0 Å². The number of rotatable bonds is 2. The van der Waals surface area contributed by atoms with Crippen molar-refractivity contribution in [1.82, 2.24) is 4.72 Å². The highest BCUT2D eigenvalue weighted by Crippen LogP contribution is 2.20. The largest absolute Gasteiger partial charge is 0.243 e. The molecule has 96 valence electrons. The first-order valence-corrected chi connectivity index (χ1v) is 6.51. The molecule has 17 heavy (non-hydrogen) atoms. The van der Waals surface area contributed by atoms with Crippen LogP contribution < -0.4 is 4.72 Å². The van der Waals surface area contributed by atoms with Gasteiger partial charge in [0.2, 0.25) is 10.0 Å². The highest BCUT2D eigenvalue weighted by atomic mass is 32.2. The van der Waals surface area contributed by atoms with E-state index in [1.54, 1.807) is 20.8 Å². The molecule has 0 aliphatic rings. The molecule has 0 heterocycles. The first-order valence-electron chi connectivity index (χ1n) is 5.02. The van der Waals surface area contributed by atoms with Crippen LogP contribution in [0.1, 0.15) is 26.3 Å². The summed E-state index contributed by atoms with van der Waals surface area (Å²) in [5.41, 5.74) is -0.645. The summed E-state index contributed by atoms with van der Waals surface area (Å²) in [6.07, 6.45) is 0. The van der Waals surface area contributed by atoms with E-state index in [0.717, 1.165) is 6.07 Å². The van der Waals surface area contributed by atoms with Gasteiger partial charge in [-0.2, -0.15) is 0 Å². The number of nitrogens with one attached hydrogen (secondary N) is 1. The first kappa shape index (κ1) is 14.1. The van der Waals surface area contributed by atoms with E-state index in [2.05, 4.69) is 4.72 Å². The van der Waals surface area contributed by atoms with Crippen LogP contribution in [0, 0.1) is 18.6 Å². The minimum atomic E-state index is -3.98. The predicted octanol–water partition coefficient (Wildman–Crippen LogP) is 2.35. The second-order valence-corrected chi connectivity index (χ2v) is 6.54. The van der Waals surface area contributed by atoms with Crippen LogP contribution in [0.25, 0.3) is 0 Å². The lowest BCUT2D eigenvalue weighted by atomic mass is 10.1. The van der Waals surface area contributed by atoms with Crippen molar-refractivity contribution < 1.29 is 17.2 Å². The Morgan fingerprint density at radius 2 is 1.65 bits per heavy atom. The summed E-state index contributed by atoms with van der Waals surface area (Å²) in [6, 6.07) is 1.56. The summed E-state index contributed by atoms with van der Waals surface area (Å²) in [4.78, 5) is -0.536. The van der Waals surface area contributed by atoms with E-state index in [1.807, 2.05) is 0 Å². The van der Waals surface area contributed by atoms with Crippen LogP contribution in [-0.4, -0.2) is 14.0 Å². The fraction of sp³-hybridized carbons (Fsp3) is 0.455. The van der Waals surface area contributed by atoms with Crippen molar-refractivity contribution in [2.45, 2.75) is 38.1 Å². The van der Waals surface area contributed by atoms with Gasteiger partial charge < -0.3 is 0 Å². The monoisotopic (exact) mass is 263 g/mol. The number of halogens is 2. The molecule has 0 radical (unpaired) electrons. The van der Waals surface area contributed by atoms with Gasteiger partial charge in [0.15, 0.2) is 0 Å². The van der Waals surface area contributed by atoms with E-state index in [9.17, 15) is 17.2 Å². The Morgan fingerprint density at radius 1 is 1.12 bits per heavy atom. The van der Waals surface area contributed by atoms with Crippen LogP contribution in [0.2, 0.25) is 0 Å². The number of hydrogen-bond donors (Lipinski definition) is 1. The molecular weight excluding hydrogens is 248 g/mol. The average Bonchev–Trinajstić information content (AvgIpc) is 2.06. The lowest BCUT2D eigenvalue weighted by Crippen LogP contribution is -2.40. The zero-order valence-corrected chi connectivity index (χ0v) is 11.0. The Morgan fingerprint density at radius 3 is 2.12 bits per heavy atom. The third-order valence-corrected chi connectivity index (χ3v) is 3.72. The molecule has 0 unspecified atom stereocenters. The van der Waals surface area contributed by atoms with Crippen LogP contribution in [0.3, 0.4) is 0 Å². The van der Waals surface area contributed by atoms with Gasteiger partial charge in [-0.15, -0.1) is 0 Å². The molecule has 1 aromatic rings. The lowest BCUT2D eigenvalue weighted by Gasteiger charge is -2.20. The van der Waals surface area contributed by atoms with E-state index in [4.69, 9.17) is 0 Å².